The van der Waals surface area contributed by atoms with E-state index in [0.717, 1.165) is 19.3 Å². The molecule has 1 saturated heterocycles. The quantitative estimate of drug-likeness (QED) is 0.403. The van der Waals surface area contributed by atoms with Crippen molar-refractivity contribution >= 4 is 62.7 Å². The molecule has 0 unspecified atom stereocenters. The number of thiocarbonyl (C=S) groups is 1. The number of thioether (sulfide) groups is 1. The molecular formula is C17H17N3O3S3. The lowest BCUT2D eigenvalue weighted by molar-refractivity contribution is -0.122. The molecule has 2 aromatic heterocycles. The van der Waals surface area contributed by atoms with E-state index in [1.54, 1.807) is 35.6 Å². The molecule has 6 nitrogen and oxygen atoms in total. The highest BCUT2D eigenvalue weighted by molar-refractivity contribution is 8.26. The van der Waals surface area contributed by atoms with Crippen LogP contribution in [0.25, 0.3) is 6.08 Å². The van der Waals surface area contributed by atoms with Crippen LogP contribution in [0.5, 0.6) is 0 Å². The van der Waals surface area contributed by atoms with Gasteiger partial charge in [-0.05, 0) is 25.0 Å². The van der Waals surface area contributed by atoms with Crippen molar-refractivity contribution in [1.29, 1.82) is 0 Å². The largest absolute Gasteiger partial charge is 0.465 e. The number of hydrogen-bond donors (Lipinski definition) is 1. The molecule has 0 radical (unpaired) electrons. The predicted octanol–water partition coefficient (Wildman–Crippen LogP) is 4.14. The standard InChI is InChI=1S/C17H17N3O3S3/c21-14(19-16-18-7-10-25-16)6-2-1-3-8-20-15(22)13(26-17(20)24)11-12-5-4-9-23-12/h4-5,7,9-11H,1-3,6,8H2,(H,18,19,21)/b13-11-. The first kappa shape index (κ1) is 18.8. The Kier molecular flexibility index (Phi) is 6.59. The fraction of sp³-hybridized carbons (Fsp3) is 0.294. The first-order valence-electron chi connectivity index (χ1n) is 8.12. The van der Waals surface area contributed by atoms with E-state index < -0.39 is 0 Å². The van der Waals surface area contributed by atoms with Gasteiger partial charge in [-0.2, -0.15) is 0 Å². The molecule has 1 N–H and O–H groups in total. The molecule has 2 amide bonds. The van der Waals surface area contributed by atoms with Crippen LogP contribution in [-0.2, 0) is 9.59 Å². The molecular weight excluding hydrogens is 390 g/mol. The molecule has 136 valence electrons. The number of amides is 2. The zero-order chi connectivity index (χ0) is 18.4. The summed E-state index contributed by atoms with van der Waals surface area (Å²) in [5.74, 6) is 0.515. The van der Waals surface area contributed by atoms with Crippen LogP contribution in [0.2, 0.25) is 0 Å². The third kappa shape index (κ3) is 5.03. The summed E-state index contributed by atoms with van der Waals surface area (Å²) in [6.07, 6.45) is 7.78. The van der Waals surface area contributed by atoms with E-state index in [-0.39, 0.29) is 11.8 Å². The van der Waals surface area contributed by atoms with Crippen molar-refractivity contribution in [2.24, 2.45) is 0 Å². The summed E-state index contributed by atoms with van der Waals surface area (Å²) in [5.41, 5.74) is 0. The van der Waals surface area contributed by atoms with Crippen molar-refractivity contribution in [3.8, 4) is 0 Å². The average Bonchev–Trinajstić information content (AvgIpc) is 3.34. The SMILES string of the molecule is O=C(CCCCCN1C(=O)/C(=C/c2ccco2)SC1=S)Nc1nccs1. The molecule has 0 atom stereocenters. The second-order valence-corrected chi connectivity index (χ2v) is 8.12. The molecule has 26 heavy (non-hydrogen) atoms. The third-order valence-corrected chi connectivity index (χ3v) is 5.72. The Hall–Kier alpha value is -1.97. The molecule has 1 aliphatic rings. The fourth-order valence-corrected chi connectivity index (χ4v) is 4.23. The number of nitrogens with one attached hydrogen (secondary N) is 1. The van der Waals surface area contributed by atoms with Gasteiger partial charge < -0.3 is 9.73 Å². The monoisotopic (exact) mass is 407 g/mol. The van der Waals surface area contributed by atoms with Crippen LogP contribution in [0.4, 0.5) is 5.13 Å². The summed E-state index contributed by atoms with van der Waals surface area (Å²) in [7, 11) is 0. The van der Waals surface area contributed by atoms with E-state index in [1.165, 1.54) is 23.1 Å². The van der Waals surface area contributed by atoms with E-state index in [1.807, 2.05) is 5.38 Å². The molecule has 2 aromatic rings. The lowest BCUT2D eigenvalue weighted by atomic mass is 10.2. The van der Waals surface area contributed by atoms with Crippen molar-refractivity contribution in [3.05, 3.63) is 40.6 Å². The van der Waals surface area contributed by atoms with Crippen molar-refractivity contribution in [2.45, 2.75) is 25.7 Å². The lowest BCUT2D eigenvalue weighted by Crippen LogP contribution is -2.29. The van der Waals surface area contributed by atoms with Crippen molar-refractivity contribution in [2.75, 3.05) is 11.9 Å². The Morgan fingerprint density at radius 1 is 1.38 bits per heavy atom. The zero-order valence-electron chi connectivity index (χ0n) is 13.8. The van der Waals surface area contributed by atoms with Gasteiger partial charge in [0.25, 0.3) is 5.91 Å². The highest BCUT2D eigenvalue weighted by Gasteiger charge is 2.31. The first-order chi connectivity index (χ1) is 12.6. The molecule has 1 aliphatic heterocycles. The summed E-state index contributed by atoms with van der Waals surface area (Å²) in [6.45, 7) is 0.564. The Morgan fingerprint density at radius 3 is 3.00 bits per heavy atom. The number of thiazole rings is 1. The smallest absolute Gasteiger partial charge is 0.266 e. The van der Waals surface area contributed by atoms with Crippen LogP contribution in [0.3, 0.4) is 0 Å². The second kappa shape index (κ2) is 9.11. The van der Waals surface area contributed by atoms with Gasteiger partial charge in [0.1, 0.15) is 10.1 Å². The number of unbranched alkanes of at least 4 members (excludes halogenated alkanes) is 2. The van der Waals surface area contributed by atoms with Gasteiger partial charge in [0.2, 0.25) is 5.91 Å². The number of hydrogen-bond acceptors (Lipinski definition) is 7. The number of aromatic nitrogens is 1. The van der Waals surface area contributed by atoms with Crippen LogP contribution >= 0.6 is 35.3 Å². The molecule has 9 heteroatoms. The Balaban J connectivity index is 1.38. The van der Waals surface area contributed by atoms with E-state index in [4.69, 9.17) is 16.6 Å². The Labute approximate surface area is 164 Å². The Bertz CT molecular complexity index is 801. The minimum atomic E-state index is -0.0853. The molecule has 0 aliphatic carbocycles. The maximum Gasteiger partial charge on any atom is 0.266 e. The number of carbonyl (C=O) groups excluding carboxylic acids is 2. The van der Waals surface area contributed by atoms with Crippen LogP contribution in [-0.4, -0.2) is 32.6 Å². The summed E-state index contributed by atoms with van der Waals surface area (Å²) in [5, 5.41) is 5.20. The fourth-order valence-electron chi connectivity index (χ4n) is 2.39. The molecule has 0 aromatic carbocycles. The maximum atomic E-state index is 12.4. The van der Waals surface area contributed by atoms with Gasteiger partial charge >= 0.3 is 0 Å². The predicted molar refractivity (Wildman–Crippen MR) is 108 cm³/mol. The normalized spacial score (nSPS) is 15.8. The lowest BCUT2D eigenvalue weighted by Gasteiger charge is -2.13. The summed E-state index contributed by atoms with van der Waals surface area (Å²) in [4.78, 5) is 30.4. The van der Waals surface area contributed by atoms with Gasteiger partial charge in [-0.1, -0.05) is 30.4 Å². The van der Waals surface area contributed by atoms with Crippen LogP contribution < -0.4 is 5.32 Å². The highest BCUT2D eigenvalue weighted by atomic mass is 32.2. The van der Waals surface area contributed by atoms with E-state index in [2.05, 4.69) is 10.3 Å². The van der Waals surface area contributed by atoms with Gasteiger partial charge in [0, 0.05) is 30.6 Å². The third-order valence-electron chi connectivity index (χ3n) is 3.65. The minimum Gasteiger partial charge on any atom is -0.465 e. The number of anilines is 1. The first-order valence-corrected chi connectivity index (χ1v) is 10.2. The molecule has 0 bridgehead atoms. The van der Waals surface area contributed by atoms with E-state index in [9.17, 15) is 9.59 Å². The topological polar surface area (TPSA) is 75.4 Å². The summed E-state index contributed by atoms with van der Waals surface area (Å²) < 4.78 is 5.81. The van der Waals surface area contributed by atoms with Crippen molar-refractivity contribution in [1.82, 2.24) is 9.88 Å². The molecule has 3 heterocycles. The van der Waals surface area contributed by atoms with Crippen LogP contribution in [0, 0.1) is 0 Å². The van der Waals surface area contributed by atoms with E-state index in [0.29, 0.717) is 33.1 Å². The number of nitrogens with zero attached hydrogens (tertiary/aromatic N) is 2. The minimum absolute atomic E-state index is 0.0352. The number of carbonyl (C=O) groups is 2. The number of furan rings is 1. The zero-order valence-corrected chi connectivity index (χ0v) is 16.3. The van der Waals surface area contributed by atoms with Gasteiger partial charge in [-0.3, -0.25) is 14.5 Å². The summed E-state index contributed by atoms with van der Waals surface area (Å²) >= 11 is 7.99. The highest BCUT2D eigenvalue weighted by Crippen LogP contribution is 2.32. The van der Waals surface area contributed by atoms with Crippen LogP contribution in [0.15, 0.2) is 39.3 Å². The van der Waals surface area contributed by atoms with Gasteiger partial charge in [-0.25, -0.2) is 4.98 Å². The second-order valence-electron chi connectivity index (χ2n) is 5.54. The van der Waals surface area contributed by atoms with Crippen molar-refractivity contribution in [3.63, 3.8) is 0 Å². The molecule has 0 saturated carbocycles. The molecule has 3 rings (SSSR count). The van der Waals surface area contributed by atoms with Crippen LogP contribution in [0.1, 0.15) is 31.4 Å². The summed E-state index contributed by atoms with van der Waals surface area (Å²) in [6, 6.07) is 3.57. The van der Waals surface area contributed by atoms with Gasteiger partial charge in [0.05, 0.1) is 11.2 Å². The van der Waals surface area contributed by atoms with Gasteiger partial charge in [0.15, 0.2) is 5.13 Å². The average molecular weight is 408 g/mol. The van der Waals surface area contributed by atoms with Crippen molar-refractivity contribution < 1.29 is 14.0 Å². The molecule has 1 fully saturated rings. The van der Waals surface area contributed by atoms with E-state index >= 15 is 0 Å². The maximum absolute atomic E-state index is 12.4. The molecule has 0 spiro atoms. The number of rotatable bonds is 8. The van der Waals surface area contributed by atoms with Gasteiger partial charge in [-0.15, -0.1) is 11.3 Å². The Morgan fingerprint density at radius 2 is 2.27 bits per heavy atom.